The summed E-state index contributed by atoms with van der Waals surface area (Å²) in [4.78, 5) is 38.9. The van der Waals surface area contributed by atoms with Crippen LogP contribution in [0, 0.1) is 0 Å². The van der Waals surface area contributed by atoms with Gasteiger partial charge in [-0.1, -0.05) is 50.1 Å². The van der Waals surface area contributed by atoms with Crippen LogP contribution in [0.4, 0.5) is 4.79 Å². The molecule has 1 aliphatic rings. The number of nitrogens with zero attached hydrogens (tertiary/aromatic N) is 1. The van der Waals surface area contributed by atoms with Crippen molar-refractivity contribution in [3.8, 4) is 0 Å². The highest BCUT2D eigenvalue weighted by atomic mass is 16.5. The number of urea groups is 1. The van der Waals surface area contributed by atoms with Crippen LogP contribution in [0.15, 0.2) is 47.1 Å². The van der Waals surface area contributed by atoms with Crippen molar-refractivity contribution >= 4 is 17.9 Å². The van der Waals surface area contributed by atoms with Crippen LogP contribution in [0.5, 0.6) is 0 Å². The van der Waals surface area contributed by atoms with Gasteiger partial charge < -0.3 is 14.5 Å². The number of furan rings is 1. The molecule has 1 unspecified atom stereocenters. The molecular weight excluding hydrogens is 348 g/mol. The summed E-state index contributed by atoms with van der Waals surface area (Å²) in [6, 6.07) is 10.3. The molecule has 3 rings (SSSR count). The third kappa shape index (κ3) is 3.32. The lowest BCUT2D eigenvalue weighted by Gasteiger charge is -2.27. The highest BCUT2D eigenvalue weighted by molar-refractivity contribution is 6.07. The Labute approximate surface area is 157 Å². The van der Waals surface area contributed by atoms with Gasteiger partial charge in [-0.15, -0.1) is 0 Å². The number of rotatable bonds is 7. The van der Waals surface area contributed by atoms with Crippen molar-refractivity contribution in [3.63, 3.8) is 0 Å². The summed E-state index contributed by atoms with van der Waals surface area (Å²) in [5.74, 6) is -0.990. The number of hydrogen-bond donors (Lipinski definition) is 1. The van der Waals surface area contributed by atoms with Crippen molar-refractivity contribution in [2.24, 2.45) is 0 Å². The molecule has 0 aliphatic carbocycles. The molecule has 1 aliphatic heterocycles. The van der Waals surface area contributed by atoms with Crippen LogP contribution >= 0.6 is 0 Å². The average molecular weight is 370 g/mol. The first-order valence-electron chi connectivity index (χ1n) is 8.87. The molecule has 1 saturated heterocycles. The zero-order valence-corrected chi connectivity index (χ0v) is 15.4. The molecule has 27 heavy (non-hydrogen) atoms. The first-order chi connectivity index (χ1) is 13.0. The van der Waals surface area contributed by atoms with Crippen LogP contribution in [0.3, 0.4) is 0 Å². The lowest BCUT2D eigenvalue weighted by atomic mass is 9.85. The van der Waals surface area contributed by atoms with Crippen molar-refractivity contribution in [1.29, 1.82) is 0 Å². The number of carbonyl (C=O) groups excluding carboxylic acids is 3. The first-order valence-corrected chi connectivity index (χ1v) is 8.87. The molecule has 0 bridgehead atoms. The Morgan fingerprint density at radius 3 is 2.63 bits per heavy atom. The molecule has 3 amide bonds. The van der Waals surface area contributed by atoms with Crippen molar-refractivity contribution in [2.75, 3.05) is 7.11 Å². The van der Waals surface area contributed by atoms with Gasteiger partial charge in [-0.2, -0.15) is 0 Å². The molecule has 0 saturated carbocycles. The molecule has 7 nitrogen and oxygen atoms in total. The van der Waals surface area contributed by atoms with Gasteiger partial charge in [0, 0.05) is 5.56 Å². The maximum absolute atomic E-state index is 13.3. The average Bonchev–Trinajstić information content (AvgIpc) is 3.25. The molecule has 0 radical (unpaired) electrons. The second-order valence-electron chi connectivity index (χ2n) is 6.46. The van der Waals surface area contributed by atoms with Gasteiger partial charge in [0.2, 0.25) is 5.76 Å². The number of hydrogen-bond acceptors (Lipinski definition) is 5. The Morgan fingerprint density at radius 1 is 1.22 bits per heavy atom. The maximum atomic E-state index is 13.3. The molecule has 1 aromatic heterocycles. The Bertz CT molecular complexity index is 845. The van der Waals surface area contributed by atoms with E-state index < -0.39 is 17.5 Å². The number of carbonyl (C=O) groups is 3. The lowest BCUT2D eigenvalue weighted by Crippen LogP contribution is -2.44. The number of imide groups is 1. The Morgan fingerprint density at radius 2 is 1.96 bits per heavy atom. The highest BCUT2D eigenvalue weighted by Crippen LogP contribution is 2.35. The number of ether oxygens (including phenoxy) is 1. The van der Waals surface area contributed by atoms with Crippen LogP contribution in [-0.2, 0) is 21.6 Å². The summed E-state index contributed by atoms with van der Waals surface area (Å²) in [6.45, 7) is 1.97. The summed E-state index contributed by atoms with van der Waals surface area (Å²) >= 11 is 0. The van der Waals surface area contributed by atoms with Gasteiger partial charge in [0.1, 0.15) is 5.54 Å². The second-order valence-corrected chi connectivity index (χ2v) is 6.46. The largest absolute Gasteiger partial charge is 0.463 e. The summed E-state index contributed by atoms with van der Waals surface area (Å²) in [5, 5.41) is 2.88. The van der Waals surface area contributed by atoms with Crippen LogP contribution in [0.2, 0.25) is 0 Å². The van der Waals surface area contributed by atoms with E-state index in [-0.39, 0.29) is 18.2 Å². The highest BCUT2D eigenvalue weighted by Gasteiger charge is 2.51. The summed E-state index contributed by atoms with van der Waals surface area (Å²) in [7, 11) is 1.24. The van der Waals surface area contributed by atoms with Gasteiger partial charge in [-0.25, -0.2) is 9.59 Å². The fraction of sp³-hybridized carbons (Fsp3) is 0.350. The molecule has 1 atom stereocenters. The third-order valence-electron chi connectivity index (χ3n) is 4.79. The van der Waals surface area contributed by atoms with Gasteiger partial charge in [-0.05, 0) is 18.1 Å². The number of benzene rings is 1. The molecule has 0 spiro atoms. The van der Waals surface area contributed by atoms with Crippen LogP contribution in [-0.4, -0.2) is 29.9 Å². The molecular formula is C20H22N2O5. The topological polar surface area (TPSA) is 88.8 Å². The van der Waals surface area contributed by atoms with Crippen molar-refractivity contribution in [3.05, 3.63) is 59.5 Å². The van der Waals surface area contributed by atoms with Crippen LogP contribution < -0.4 is 5.32 Å². The van der Waals surface area contributed by atoms with E-state index in [2.05, 4.69) is 10.1 Å². The standard InChI is InChI=1S/C20H22N2O5/c1-3-4-11-20(15-8-6-5-7-9-15)18(24)22(19(25)21-20)13-14-10-12-27-16(14)17(23)26-2/h5-10,12H,3-4,11,13H2,1-2H3,(H,21,25). The fourth-order valence-electron chi connectivity index (χ4n) is 3.35. The molecule has 142 valence electrons. The zero-order chi connectivity index (χ0) is 19.4. The number of amides is 3. The third-order valence-corrected chi connectivity index (χ3v) is 4.79. The smallest absolute Gasteiger partial charge is 0.374 e. The number of nitrogens with one attached hydrogen (secondary N) is 1. The summed E-state index contributed by atoms with van der Waals surface area (Å²) in [6.07, 6.45) is 3.52. The second kappa shape index (κ2) is 7.65. The summed E-state index contributed by atoms with van der Waals surface area (Å²) in [5.41, 5.74) is 0.0770. The molecule has 1 fully saturated rings. The van der Waals surface area contributed by atoms with Crippen molar-refractivity contribution in [2.45, 2.75) is 38.3 Å². The molecule has 1 aromatic carbocycles. The minimum absolute atomic E-state index is 0.0103. The Balaban J connectivity index is 1.93. The molecule has 2 heterocycles. The van der Waals surface area contributed by atoms with Gasteiger partial charge >= 0.3 is 12.0 Å². The Hall–Kier alpha value is -3.09. The SMILES string of the molecule is CCCCC1(c2ccccc2)NC(=O)N(Cc2ccoc2C(=O)OC)C1=O. The molecule has 1 N–H and O–H groups in total. The maximum Gasteiger partial charge on any atom is 0.374 e. The van der Waals surface area contributed by atoms with Gasteiger partial charge in [0.05, 0.1) is 19.9 Å². The van der Waals surface area contributed by atoms with Gasteiger partial charge in [0.25, 0.3) is 5.91 Å². The minimum atomic E-state index is -1.09. The quantitative estimate of drug-likeness (QED) is 0.597. The van der Waals surface area contributed by atoms with E-state index in [0.29, 0.717) is 12.0 Å². The lowest BCUT2D eigenvalue weighted by molar-refractivity contribution is -0.132. The van der Waals surface area contributed by atoms with Crippen molar-refractivity contribution in [1.82, 2.24) is 10.2 Å². The van der Waals surface area contributed by atoms with Gasteiger partial charge in [0.15, 0.2) is 0 Å². The van der Waals surface area contributed by atoms with E-state index in [1.807, 2.05) is 37.3 Å². The van der Waals surface area contributed by atoms with E-state index in [0.717, 1.165) is 23.3 Å². The van der Waals surface area contributed by atoms with E-state index >= 15 is 0 Å². The predicted octanol–water partition coefficient (Wildman–Crippen LogP) is 3.20. The van der Waals surface area contributed by atoms with Crippen molar-refractivity contribution < 1.29 is 23.5 Å². The van der Waals surface area contributed by atoms with Crippen LogP contribution in [0.1, 0.15) is 47.9 Å². The van der Waals surface area contributed by atoms with E-state index in [1.165, 1.54) is 13.4 Å². The number of methoxy groups -OCH3 is 1. The van der Waals surface area contributed by atoms with E-state index in [1.54, 1.807) is 6.07 Å². The molecule has 2 aromatic rings. The fourth-order valence-corrected chi connectivity index (χ4v) is 3.35. The molecule has 7 heteroatoms. The van der Waals surface area contributed by atoms with Gasteiger partial charge in [-0.3, -0.25) is 9.69 Å². The zero-order valence-electron chi connectivity index (χ0n) is 15.4. The number of unbranched alkanes of at least 4 members (excludes halogenated alkanes) is 1. The normalized spacial score (nSPS) is 19.3. The monoisotopic (exact) mass is 370 g/mol. The first kappa shape index (κ1) is 18.7. The van der Waals surface area contributed by atoms with E-state index in [9.17, 15) is 14.4 Å². The van der Waals surface area contributed by atoms with Crippen LogP contribution in [0.25, 0.3) is 0 Å². The Kier molecular flexibility index (Phi) is 5.30. The predicted molar refractivity (Wildman–Crippen MR) is 96.8 cm³/mol. The number of esters is 1. The minimum Gasteiger partial charge on any atom is -0.463 e. The summed E-state index contributed by atoms with van der Waals surface area (Å²) < 4.78 is 9.84. The van der Waals surface area contributed by atoms with E-state index in [4.69, 9.17) is 4.42 Å².